The predicted octanol–water partition coefficient (Wildman–Crippen LogP) is 4.56. The fourth-order valence-electron chi connectivity index (χ4n) is 3.46. The Hall–Kier alpha value is -3.77. The molecule has 0 saturated heterocycles. The van der Waals surface area contributed by atoms with Crippen LogP contribution in [0.25, 0.3) is 10.9 Å². The lowest BCUT2D eigenvalue weighted by Gasteiger charge is -2.16. The maximum absolute atomic E-state index is 13.1. The van der Waals surface area contributed by atoms with Crippen molar-refractivity contribution >= 4 is 26.6 Å². The lowest BCUT2D eigenvalue weighted by Crippen LogP contribution is -2.35. The normalized spacial score (nSPS) is 12.6. The van der Waals surface area contributed by atoms with Gasteiger partial charge in [0, 0.05) is 17.0 Å². The molecule has 0 aliphatic rings. The van der Waals surface area contributed by atoms with Gasteiger partial charge in [0.2, 0.25) is 0 Å². The highest BCUT2D eigenvalue weighted by Crippen LogP contribution is 2.17. The topological polar surface area (TPSA) is 76.1 Å². The van der Waals surface area contributed by atoms with E-state index in [1.54, 1.807) is 48.7 Å². The molecule has 0 saturated carbocycles. The van der Waals surface area contributed by atoms with E-state index in [0.717, 1.165) is 16.4 Å². The van der Waals surface area contributed by atoms with E-state index in [9.17, 15) is 13.2 Å². The van der Waals surface area contributed by atoms with Gasteiger partial charge in [0.25, 0.3) is 5.91 Å². The van der Waals surface area contributed by atoms with Crippen LogP contribution in [0.5, 0.6) is 0 Å². The monoisotopic (exact) mass is 442 g/mol. The summed E-state index contributed by atoms with van der Waals surface area (Å²) in [4.78, 5) is 17.7. The van der Waals surface area contributed by atoms with Gasteiger partial charge in [-0.1, -0.05) is 72.8 Å². The number of aromatic nitrogens is 1. The highest BCUT2D eigenvalue weighted by atomic mass is 32.2. The summed E-state index contributed by atoms with van der Waals surface area (Å²) < 4.78 is 25.4. The number of sulfone groups is 1. The molecule has 0 aliphatic carbocycles. The number of benzene rings is 3. The van der Waals surface area contributed by atoms with Crippen molar-refractivity contribution in [1.29, 1.82) is 0 Å². The minimum absolute atomic E-state index is 0.208. The van der Waals surface area contributed by atoms with Gasteiger partial charge in [-0.3, -0.25) is 9.78 Å². The number of para-hydroxylation sites is 1. The van der Waals surface area contributed by atoms with Gasteiger partial charge in [0.15, 0.2) is 9.84 Å². The van der Waals surface area contributed by atoms with Crippen LogP contribution < -0.4 is 5.32 Å². The third-order valence-corrected chi connectivity index (χ3v) is 6.50. The van der Waals surface area contributed by atoms with Gasteiger partial charge in [0.1, 0.15) is 0 Å². The van der Waals surface area contributed by atoms with Gasteiger partial charge in [-0.25, -0.2) is 8.42 Å². The molecule has 160 valence electrons. The number of nitrogens with one attached hydrogen (secondary N) is 1. The predicted molar refractivity (Wildman–Crippen MR) is 126 cm³/mol. The van der Waals surface area contributed by atoms with Crippen molar-refractivity contribution in [2.24, 2.45) is 0 Å². The molecule has 32 heavy (non-hydrogen) atoms. The molecular weight excluding hydrogens is 420 g/mol. The second-order valence-corrected chi connectivity index (χ2v) is 9.17. The summed E-state index contributed by atoms with van der Waals surface area (Å²) in [5.41, 5.74) is 2.03. The van der Waals surface area contributed by atoms with Crippen LogP contribution in [0.2, 0.25) is 0 Å². The van der Waals surface area contributed by atoms with E-state index in [0.29, 0.717) is 17.5 Å². The summed E-state index contributed by atoms with van der Waals surface area (Å²) >= 11 is 0. The SMILES string of the molecule is O=C(N[C@H](/C=C/S(=O)(=O)c1ccccc1)Cc1ccccc1)c1cccc2cccnc12. The molecule has 0 unspecified atom stereocenters. The number of carbonyl (C=O) groups is 1. The number of hydrogen-bond donors (Lipinski definition) is 1. The van der Waals surface area contributed by atoms with Gasteiger partial charge in [0.05, 0.1) is 22.0 Å². The number of nitrogens with zero attached hydrogens (tertiary/aromatic N) is 1. The molecule has 1 aromatic heterocycles. The summed E-state index contributed by atoms with van der Waals surface area (Å²) in [6.45, 7) is 0. The Labute approximate surface area is 187 Å². The van der Waals surface area contributed by atoms with Gasteiger partial charge >= 0.3 is 0 Å². The molecule has 4 rings (SSSR count). The quantitative estimate of drug-likeness (QED) is 0.455. The zero-order chi connectivity index (χ0) is 22.4. The van der Waals surface area contributed by atoms with Crippen molar-refractivity contribution in [1.82, 2.24) is 10.3 Å². The molecule has 3 aromatic carbocycles. The molecule has 0 bridgehead atoms. The molecule has 0 radical (unpaired) electrons. The summed E-state index contributed by atoms with van der Waals surface area (Å²) in [6, 6.07) is 26.4. The van der Waals surface area contributed by atoms with Gasteiger partial charge in [-0.05, 0) is 36.2 Å². The van der Waals surface area contributed by atoms with Crippen molar-refractivity contribution < 1.29 is 13.2 Å². The van der Waals surface area contributed by atoms with Crippen LogP contribution in [0.15, 0.2) is 114 Å². The highest BCUT2D eigenvalue weighted by molar-refractivity contribution is 7.94. The maximum atomic E-state index is 13.1. The van der Waals surface area contributed by atoms with Crippen LogP contribution in [0, 0.1) is 0 Å². The van der Waals surface area contributed by atoms with Crippen LogP contribution in [0.4, 0.5) is 0 Å². The Morgan fingerprint density at radius 1 is 0.875 bits per heavy atom. The van der Waals surface area contributed by atoms with Gasteiger partial charge in [-0.2, -0.15) is 0 Å². The number of rotatable bonds is 7. The molecule has 0 fully saturated rings. The molecular formula is C26H22N2O3S. The summed E-state index contributed by atoms with van der Waals surface area (Å²) in [5.74, 6) is -0.308. The first kappa shape index (κ1) is 21.5. The third-order valence-electron chi connectivity index (χ3n) is 5.05. The van der Waals surface area contributed by atoms with E-state index in [1.165, 1.54) is 6.08 Å². The standard InChI is InChI=1S/C26H22N2O3S/c29-26(24-15-7-11-21-12-8-17-27-25(21)24)28-22(19-20-9-3-1-4-10-20)16-18-32(30,31)23-13-5-2-6-14-23/h1-18,22H,19H2,(H,28,29)/b18-16+/t22-/m1/s1. The van der Waals surface area contributed by atoms with Gasteiger partial charge < -0.3 is 5.32 Å². The van der Waals surface area contributed by atoms with Crippen LogP contribution in [-0.4, -0.2) is 25.4 Å². The number of fused-ring (bicyclic) bond motifs is 1. The molecule has 1 N–H and O–H groups in total. The zero-order valence-electron chi connectivity index (χ0n) is 17.3. The number of pyridine rings is 1. The smallest absolute Gasteiger partial charge is 0.253 e. The van der Waals surface area contributed by atoms with E-state index >= 15 is 0 Å². The Balaban J connectivity index is 1.63. The first-order chi connectivity index (χ1) is 15.5. The molecule has 0 aliphatic heterocycles. The molecule has 0 spiro atoms. The van der Waals surface area contributed by atoms with Crippen molar-refractivity contribution in [3.63, 3.8) is 0 Å². The van der Waals surface area contributed by atoms with Crippen LogP contribution in [0.3, 0.4) is 0 Å². The fraction of sp³-hybridized carbons (Fsp3) is 0.0769. The van der Waals surface area contributed by atoms with E-state index in [4.69, 9.17) is 0 Å². The van der Waals surface area contributed by atoms with Crippen LogP contribution in [0.1, 0.15) is 15.9 Å². The molecule has 1 heterocycles. The average Bonchev–Trinajstić information content (AvgIpc) is 2.83. The molecule has 6 heteroatoms. The largest absolute Gasteiger partial charge is 0.345 e. The lowest BCUT2D eigenvalue weighted by atomic mass is 10.0. The summed E-state index contributed by atoms with van der Waals surface area (Å²) in [5, 5.41) is 4.99. The van der Waals surface area contributed by atoms with E-state index < -0.39 is 15.9 Å². The molecule has 1 amide bonds. The van der Waals surface area contributed by atoms with E-state index in [-0.39, 0.29) is 10.8 Å². The highest BCUT2D eigenvalue weighted by Gasteiger charge is 2.17. The van der Waals surface area contributed by atoms with Gasteiger partial charge in [-0.15, -0.1) is 0 Å². The van der Waals surface area contributed by atoms with E-state index in [2.05, 4.69) is 10.3 Å². The van der Waals surface area contributed by atoms with Crippen LogP contribution in [-0.2, 0) is 16.3 Å². The third kappa shape index (κ3) is 5.10. The van der Waals surface area contributed by atoms with Crippen molar-refractivity contribution in [3.05, 3.63) is 120 Å². The first-order valence-corrected chi connectivity index (χ1v) is 11.7. The Morgan fingerprint density at radius 2 is 1.56 bits per heavy atom. The van der Waals surface area contributed by atoms with Crippen molar-refractivity contribution in [2.75, 3.05) is 0 Å². The zero-order valence-corrected chi connectivity index (χ0v) is 18.1. The molecule has 4 aromatic rings. The lowest BCUT2D eigenvalue weighted by molar-refractivity contribution is 0.0946. The number of hydrogen-bond acceptors (Lipinski definition) is 4. The summed E-state index contributed by atoms with van der Waals surface area (Å²) in [7, 11) is -3.63. The number of amides is 1. The fourth-order valence-corrected chi connectivity index (χ4v) is 4.55. The van der Waals surface area contributed by atoms with Crippen molar-refractivity contribution in [2.45, 2.75) is 17.4 Å². The van der Waals surface area contributed by atoms with E-state index in [1.807, 2.05) is 48.5 Å². The Morgan fingerprint density at radius 3 is 2.31 bits per heavy atom. The minimum atomic E-state index is -3.63. The first-order valence-electron chi connectivity index (χ1n) is 10.2. The van der Waals surface area contributed by atoms with Crippen LogP contribution >= 0.6 is 0 Å². The van der Waals surface area contributed by atoms with Crippen molar-refractivity contribution in [3.8, 4) is 0 Å². The molecule has 5 nitrogen and oxygen atoms in total. The Kier molecular flexibility index (Phi) is 6.42. The maximum Gasteiger partial charge on any atom is 0.253 e. The summed E-state index contributed by atoms with van der Waals surface area (Å²) in [6.07, 6.45) is 3.63. The second-order valence-electron chi connectivity index (χ2n) is 7.34. The Bertz CT molecular complexity index is 1350. The minimum Gasteiger partial charge on any atom is -0.345 e. The second kappa shape index (κ2) is 9.58. The molecule has 1 atom stereocenters. The number of carbonyl (C=O) groups excluding carboxylic acids is 1. The average molecular weight is 443 g/mol.